The van der Waals surface area contributed by atoms with Crippen LogP contribution in [0.3, 0.4) is 0 Å². The van der Waals surface area contributed by atoms with Crippen LogP contribution in [0.15, 0.2) is 53.4 Å². The average molecular weight is 431 g/mol. The molecule has 0 aliphatic carbocycles. The Morgan fingerprint density at radius 2 is 1.78 bits per heavy atom. The van der Waals surface area contributed by atoms with Gasteiger partial charge >= 0.3 is 6.97 Å². The molecule has 0 saturated carbocycles. The molecule has 0 N–H and O–H groups in total. The molecule has 0 saturated heterocycles. The fourth-order valence-electron chi connectivity index (χ4n) is 5.98. The second-order valence-electron chi connectivity index (χ2n) is 8.90. The van der Waals surface area contributed by atoms with Crippen LogP contribution in [0.2, 0.25) is 0 Å². The lowest BCUT2D eigenvalue weighted by molar-refractivity contribution is -0.363. The summed E-state index contributed by atoms with van der Waals surface area (Å²) in [5, 5.41) is 1.01. The molecule has 4 heterocycles. The van der Waals surface area contributed by atoms with Gasteiger partial charge in [-0.05, 0) is 74.2 Å². The summed E-state index contributed by atoms with van der Waals surface area (Å²) < 4.78 is 35.2. The third kappa shape index (κ3) is 2.52. The van der Waals surface area contributed by atoms with E-state index in [1.54, 1.807) is 6.20 Å². The Labute approximate surface area is 187 Å². The highest BCUT2D eigenvalue weighted by atomic mass is 19.2. The molecule has 164 valence electrons. The van der Waals surface area contributed by atoms with Gasteiger partial charge in [0.25, 0.3) is 0 Å². The molecule has 0 fully saturated rings. The minimum atomic E-state index is -3.99. The van der Waals surface area contributed by atoms with Crippen LogP contribution < -0.4 is 0 Å². The van der Waals surface area contributed by atoms with Crippen molar-refractivity contribution >= 4 is 29.2 Å². The van der Waals surface area contributed by atoms with Crippen LogP contribution in [0, 0.1) is 13.8 Å². The maximum atomic E-state index is 16.3. The SMILES string of the molecule is CCC1=C(C)C2=C(c3ccc4ncccc4c3)c3c(C)c(CC)c(C)n3[B-](F)(F)[N+]2=C1C. The lowest BCUT2D eigenvalue weighted by Crippen LogP contribution is -2.51. The summed E-state index contributed by atoms with van der Waals surface area (Å²) in [4.78, 5) is 4.44. The molecule has 6 heteroatoms. The van der Waals surface area contributed by atoms with E-state index in [0.29, 0.717) is 22.8 Å². The quantitative estimate of drug-likeness (QED) is 0.438. The molecule has 0 bridgehead atoms. The first-order valence-electron chi connectivity index (χ1n) is 11.4. The van der Waals surface area contributed by atoms with Crippen LogP contribution >= 0.6 is 0 Å². The van der Waals surface area contributed by atoms with Gasteiger partial charge in [-0.3, -0.25) is 4.98 Å². The van der Waals surface area contributed by atoms with Crippen molar-refractivity contribution in [1.29, 1.82) is 0 Å². The van der Waals surface area contributed by atoms with Crippen molar-refractivity contribution in [3.63, 3.8) is 0 Å². The van der Waals surface area contributed by atoms with Crippen LogP contribution in [0.25, 0.3) is 16.5 Å². The van der Waals surface area contributed by atoms with Gasteiger partial charge in [-0.15, -0.1) is 0 Å². The number of halogens is 2. The number of fused-ring (bicyclic) bond motifs is 3. The Morgan fingerprint density at radius 1 is 1.03 bits per heavy atom. The van der Waals surface area contributed by atoms with Crippen LogP contribution in [0.4, 0.5) is 8.63 Å². The van der Waals surface area contributed by atoms with Gasteiger partial charge < -0.3 is 17.6 Å². The summed E-state index contributed by atoms with van der Waals surface area (Å²) in [6.07, 6.45) is 3.23. The average Bonchev–Trinajstić information content (AvgIpc) is 3.18. The van der Waals surface area contributed by atoms with Gasteiger partial charge in [0.1, 0.15) is 5.71 Å². The first-order valence-corrected chi connectivity index (χ1v) is 11.4. The molecular formula is C26H28BF2N3. The summed E-state index contributed by atoms with van der Waals surface area (Å²) in [5.41, 5.74) is 9.32. The van der Waals surface area contributed by atoms with Crippen molar-refractivity contribution in [3.05, 3.63) is 81.5 Å². The van der Waals surface area contributed by atoms with Gasteiger partial charge in [0.2, 0.25) is 0 Å². The van der Waals surface area contributed by atoms with Gasteiger partial charge in [-0.25, -0.2) is 0 Å². The number of allylic oxidation sites excluding steroid dienone is 2. The normalized spacial score (nSPS) is 17.5. The van der Waals surface area contributed by atoms with Crippen molar-refractivity contribution in [3.8, 4) is 0 Å². The number of benzene rings is 1. The molecule has 5 rings (SSSR count). The molecule has 32 heavy (non-hydrogen) atoms. The molecule has 0 radical (unpaired) electrons. The number of rotatable bonds is 3. The van der Waals surface area contributed by atoms with Gasteiger partial charge in [-0.1, -0.05) is 26.0 Å². The zero-order valence-electron chi connectivity index (χ0n) is 19.6. The van der Waals surface area contributed by atoms with Crippen molar-refractivity contribution in [2.75, 3.05) is 0 Å². The lowest BCUT2D eigenvalue weighted by atomic mass is 9.83. The molecule has 2 aliphatic heterocycles. The topological polar surface area (TPSA) is 20.8 Å². The first-order chi connectivity index (χ1) is 15.2. The molecule has 0 spiro atoms. The maximum absolute atomic E-state index is 16.3. The summed E-state index contributed by atoms with van der Waals surface area (Å²) in [6, 6.07) is 10.0. The summed E-state index contributed by atoms with van der Waals surface area (Å²) in [6.45, 7) is 7.75. The second kappa shape index (κ2) is 6.99. The van der Waals surface area contributed by atoms with E-state index in [1.807, 2.05) is 65.8 Å². The summed E-state index contributed by atoms with van der Waals surface area (Å²) in [5.74, 6) is 0. The van der Waals surface area contributed by atoms with Crippen molar-refractivity contribution in [1.82, 2.24) is 9.46 Å². The Morgan fingerprint density at radius 3 is 2.47 bits per heavy atom. The van der Waals surface area contributed by atoms with E-state index in [0.717, 1.165) is 57.2 Å². The Balaban J connectivity index is 1.97. The fourth-order valence-corrected chi connectivity index (χ4v) is 5.98. The largest absolute Gasteiger partial charge is 0.737 e. The minimum absolute atomic E-state index is 0.656. The highest BCUT2D eigenvalue weighted by Crippen LogP contribution is 2.47. The number of pyridine rings is 1. The van der Waals surface area contributed by atoms with Crippen LogP contribution in [-0.4, -0.2) is 26.6 Å². The fraction of sp³-hybridized carbons (Fsp3) is 0.308. The monoisotopic (exact) mass is 431 g/mol. The molecule has 0 atom stereocenters. The van der Waals surface area contributed by atoms with E-state index in [9.17, 15) is 0 Å². The van der Waals surface area contributed by atoms with E-state index in [4.69, 9.17) is 0 Å². The van der Waals surface area contributed by atoms with E-state index in [2.05, 4.69) is 11.1 Å². The zero-order valence-corrected chi connectivity index (χ0v) is 19.6. The van der Waals surface area contributed by atoms with E-state index in [1.165, 1.54) is 8.96 Å². The number of hydrogen-bond acceptors (Lipinski definition) is 1. The molecule has 1 aromatic carbocycles. The van der Waals surface area contributed by atoms with Crippen molar-refractivity contribution < 1.29 is 13.1 Å². The summed E-state index contributed by atoms with van der Waals surface area (Å²) >= 11 is 0. The third-order valence-electron chi connectivity index (χ3n) is 7.39. The number of hydrogen-bond donors (Lipinski definition) is 0. The molecule has 3 aromatic rings. The predicted octanol–water partition coefficient (Wildman–Crippen LogP) is 6.42. The molecule has 2 aromatic heterocycles. The molecule has 0 unspecified atom stereocenters. The van der Waals surface area contributed by atoms with Crippen LogP contribution in [0.5, 0.6) is 0 Å². The molecule has 0 amide bonds. The minimum Gasteiger partial charge on any atom is -0.393 e. The molecule has 3 nitrogen and oxygen atoms in total. The van der Waals surface area contributed by atoms with Gasteiger partial charge in [0, 0.05) is 35.3 Å². The Bertz CT molecular complexity index is 1410. The van der Waals surface area contributed by atoms with Crippen LogP contribution in [0.1, 0.15) is 62.2 Å². The van der Waals surface area contributed by atoms with Crippen molar-refractivity contribution in [2.45, 2.75) is 54.4 Å². The zero-order chi connectivity index (χ0) is 22.9. The maximum Gasteiger partial charge on any atom is 0.737 e. The van der Waals surface area contributed by atoms with E-state index >= 15 is 8.63 Å². The third-order valence-corrected chi connectivity index (χ3v) is 7.39. The molecular weight excluding hydrogens is 403 g/mol. The van der Waals surface area contributed by atoms with E-state index in [-0.39, 0.29) is 0 Å². The van der Waals surface area contributed by atoms with Crippen LogP contribution in [-0.2, 0) is 6.42 Å². The Kier molecular flexibility index (Phi) is 4.56. The van der Waals surface area contributed by atoms with Crippen molar-refractivity contribution in [2.24, 2.45) is 0 Å². The van der Waals surface area contributed by atoms with Gasteiger partial charge in [-0.2, -0.15) is 0 Å². The number of nitrogens with zero attached hydrogens (tertiary/aromatic N) is 3. The van der Waals surface area contributed by atoms with E-state index < -0.39 is 6.97 Å². The number of aromatic nitrogens is 2. The smallest absolute Gasteiger partial charge is 0.393 e. The summed E-state index contributed by atoms with van der Waals surface area (Å²) in [7, 11) is 0. The molecule has 2 aliphatic rings. The highest BCUT2D eigenvalue weighted by Gasteiger charge is 2.56. The predicted molar refractivity (Wildman–Crippen MR) is 128 cm³/mol. The first kappa shape index (κ1) is 20.9. The lowest BCUT2D eigenvalue weighted by Gasteiger charge is -2.34. The van der Waals surface area contributed by atoms with Gasteiger partial charge in [0.05, 0.1) is 11.1 Å². The highest BCUT2D eigenvalue weighted by molar-refractivity contribution is 6.58. The van der Waals surface area contributed by atoms with Gasteiger partial charge in [0.15, 0.2) is 5.70 Å². The standard InChI is InChI=1S/C26H28BF2N3/c1-7-21-15(3)25-24(20-11-12-23-19(14-20)10-9-13-30-23)26-16(4)22(8-2)18(6)32(26)27(28,29)31(25)17(21)5/h9-14H,7-8H2,1-6H3. The second-order valence-corrected chi connectivity index (χ2v) is 8.90. The Hall–Kier alpha value is -3.02.